The number of carbonyl (C=O) groups excluding carboxylic acids is 3. The summed E-state index contributed by atoms with van der Waals surface area (Å²) in [4.78, 5) is 44.1. The third kappa shape index (κ3) is 5.57. The summed E-state index contributed by atoms with van der Waals surface area (Å²) in [6.45, 7) is 2.85. The van der Waals surface area contributed by atoms with Gasteiger partial charge in [-0.1, -0.05) is 18.2 Å². The summed E-state index contributed by atoms with van der Waals surface area (Å²) in [6, 6.07) is 18.8. The van der Waals surface area contributed by atoms with Gasteiger partial charge < -0.3 is 33.5 Å². The van der Waals surface area contributed by atoms with Gasteiger partial charge in [0.05, 0.1) is 25.7 Å². The molecule has 5 aliphatic rings. The summed E-state index contributed by atoms with van der Waals surface area (Å²) in [7, 11) is 0. The molecule has 1 saturated heterocycles. The number of hydrogen-bond donors (Lipinski definition) is 0. The molecule has 11 nitrogen and oxygen atoms in total. The third-order valence-corrected chi connectivity index (χ3v) is 8.39. The van der Waals surface area contributed by atoms with E-state index in [2.05, 4.69) is 0 Å². The van der Waals surface area contributed by atoms with Crippen molar-refractivity contribution in [3.63, 3.8) is 0 Å². The van der Waals surface area contributed by atoms with E-state index in [0.29, 0.717) is 87.4 Å². The summed E-state index contributed by atoms with van der Waals surface area (Å²) in [5.74, 6) is 2.36. The minimum absolute atomic E-state index is 0.0244. The Kier molecular flexibility index (Phi) is 7.59. The Morgan fingerprint density at radius 1 is 0.773 bits per heavy atom. The van der Waals surface area contributed by atoms with E-state index in [9.17, 15) is 14.4 Å². The van der Waals surface area contributed by atoms with E-state index in [-0.39, 0.29) is 31.2 Å². The van der Waals surface area contributed by atoms with Gasteiger partial charge in [0, 0.05) is 18.7 Å². The van der Waals surface area contributed by atoms with Crippen molar-refractivity contribution >= 4 is 17.9 Å². The molecule has 3 aromatic rings. The summed E-state index contributed by atoms with van der Waals surface area (Å²) in [5, 5.41) is 0. The molecule has 0 aliphatic carbocycles. The second-order valence-electron chi connectivity index (χ2n) is 11.1. The van der Waals surface area contributed by atoms with Crippen LogP contribution in [0, 0.1) is 0 Å². The number of hydrogen-bond acceptors (Lipinski definition) is 8. The highest BCUT2D eigenvalue weighted by Gasteiger charge is 2.34. The summed E-state index contributed by atoms with van der Waals surface area (Å²) in [6.07, 6.45) is 0.790. The fraction of sp³-hybridized carbons (Fsp3) is 0.364. The predicted molar refractivity (Wildman–Crippen MR) is 157 cm³/mol. The van der Waals surface area contributed by atoms with E-state index in [0.717, 1.165) is 16.7 Å². The van der Waals surface area contributed by atoms with Crippen molar-refractivity contribution < 1.29 is 38.1 Å². The molecule has 44 heavy (non-hydrogen) atoms. The average molecular weight is 600 g/mol. The summed E-state index contributed by atoms with van der Waals surface area (Å²) >= 11 is 0. The lowest BCUT2D eigenvalue weighted by atomic mass is 9.87. The zero-order valence-electron chi connectivity index (χ0n) is 24.2. The van der Waals surface area contributed by atoms with Crippen molar-refractivity contribution in [3.05, 3.63) is 82.9 Å². The maximum Gasteiger partial charge on any atom is 0.410 e. The number of ether oxygens (including phenoxy) is 5. The van der Waals surface area contributed by atoms with Crippen LogP contribution in [-0.4, -0.2) is 91.9 Å². The highest BCUT2D eigenvalue weighted by Crippen LogP contribution is 2.40. The van der Waals surface area contributed by atoms with Gasteiger partial charge in [-0.25, -0.2) is 4.79 Å². The van der Waals surface area contributed by atoms with Crippen LogP contribution in [0.15, 0.2) is 60.7 Å². The Morgan fingerprint density at radius 2 is 1.61 bits per heavy atom. The van der Waals surface area contributed by atoms with Gasteiger partial charge in [-0.2, -0.15) is 0 Å². The largest absolute Gasteiger partial charge is 0.494 e. The minimum Gasteiger partial charge on any atom is -0.494 e. The Labute approximate surface area is 254 Å². The number of rotatable bonds is 3. The fourth-order valence-electron chi connectivity index (χ4n) is 6.15. The topological polar surface area (TPSA) is 107 Å². The molecule has 0 aromatic heterocycles. The van der Waals surface area contributed by atoms with Crippen molar-refractivity contribution in [3.8, 4) is 23.0 Å². The number of amides is 3. The van der Waals surface area contributed by atoms with Crippen LogP contribution in [0.4, 0.5) is 4.79 Å². The molecular formula is C33H33N3O8. The van der Waals surface area contributed by atoms with Gasteiger partial charge in [0.25, 0.3) is 5.91 Å². The molecule has 0 N–H and O–H groups in total. The van der Waals surface area contributed by atoms with E-state index < -0.39 is 6.09 Å². The molecule has 228 valence electrons. The zero-order chi connectivity index (χ0) is 30.0. The van der Waals surface area contributed by atoms with Gasteiger partial charge in [-0.15, -0.1) is 0 Å². The first-order valence-electron chi connectivity index (χ1n) is 14.9. The van der Waals surface area contributed by atoms with Gasteiger partial charge in [0.1, 0.15) is 31.3 Å². The second-order valence-corrected chi connectivity index (χ2v) is 11.1. The molecule has 0 spiro atoms. The molecule has 6 bridgehead atoms. The maximum atomic E-state index is 14.0. The number of fused-ring (bicyclic) bond motifs is 9. The van der Waals surface area contributed by atoms with E-state index >= 15 is 0 Å². The third-order valence-electron chi connectivity index (χ3n) is 8.39. The normalized spacial score (nSPS) is 19.3. The van der Waals surface area contributed by atoms with Gasteiger partial charge in [0.15, 0.2) is 11.5 Å². The van der Waals surface area contributed by atoms with Crippen LogP contribution < -0.4 is 18.9 Å². The summed E-state index contributed by atoms with van der Waals surface area (Å²) in [5.41, 5.74) is 3.60. The first kappa shape index (κ1) is 27.9. The van der Waals surface area contributed by atoms with Gasteiger partial charge >= 0.3 is 6.09 Å². The van der Waals surface area contributed by atoms with Crippen LogP contribution in [0.25, 0.3) is 0 Å². The first-order valence-corrected chi connectivity index (χ1v) is 14.9. The molecule has 3 amide bonds. The number of nitrogens with zero attached hydrogens (tertiary/aromatic N) is 3. The van der Waals surface area contributed by atoms with Crippen LogP contribution in [0.1, 0.15) is 39.5 Å². The fourth-order valence-corrected chi connectivity index (χ4v) is 6.15. The highest BCUT2D eigenvalue weighted by atomic mass is 16.7. The zero-order valence-corrected chi connectivity index (χ0v) is 24.2. The standard InChI is InChI=1S/C33H33N3O8/c37-30(20-35-13-16-42-33(35)39)34-10-2-14-40-25-4-1-3-23(18-25)31-27-7-6-26(41-15-12-34)17-22(27)9-11-36(31)32(38)24-5-8-28-29(19-24)44-21-43-28/h1,3-8,17-19,31H,2,9-16,20-21H2. The van der Waals surface area contributed by atoms with Crippen molar-refractivity contribution in [1.82, 2.24) is 14.7 Å². The van der Waals surface area contributed by atoms with E-state index in [1.807, 2.05) is 47.4 Å². The molecule has 8 rings (SSSR count). The van der Waals surface area contributed by atoms with Crippen LogP contribution >= 0.6 is 0 Å². The number of benzene rings is 3. The molecule has 0 saturated carbocycles. The smallest absolute Gasteiger partial charge is 0.410 e. The maximum absolute atomic E-state index is 14.0. The van der Waals surface area contributed by atoms with E-state index in [4.69, 9.17) is 23.7 Å². The van der Waals surface area contributed by atoms with Crippen LogP contribution in [0.2, 0.25) is 0 Å². The van der Waals surface area contributed by atoms with Crippen molar-refractivity contribution in [2.75, 3.05) is 59.3 Å². The SMILES string of the molecule is O=C(CN1CCOC1=O)N1CCCOc2cccc(c2)C2c3ccc(cc3CCN2C(=O)c2ccc3c(c2)OCO3)OCC1. The molecular weight excluding hydrogens is 566 g/mol. The molecule has 0 radical (unpaired) electrons. The van der Waals surface area contributed by atoms with Crippen molar-refractivity contribution in [1.29, 1.82) is 0 Å². The Balaban J connectivity index is 1.16. The number of cyclic esters (lactones) is 1. The van der Waals surface area contributed by atoms with Gasteiger partial charge in [0.2, 0.25) is 12.7 Å². The molecule has 3 aromatic carbocycles. The van der Waals surface area contributed by atoms with Crippen molar-refractivity contribution in [2.45, 2.75) is 18.9 Å². The molecule has 1 unspecified atom stereocenters. The van der Waals surface area contributed by atoms with E-state index in [1.54, 1.807) is 23.1 Å². The Hall–Kier alpha value is -4.93. The lowest BCUT2D eigenvalue weighted by molar-refractivity contribution is -0.132. The average Bonchev–Trinajstić information content (AvgIpc) is 3.68. The molecule has 1 fully saturated rings. The Bertz CT molecular complexity index is 1590. The second kappa shape index (κ2) is 12.0. The Morgan fingerprint density at radius 3 is 2.50 bits per heavy atom. The van der Waals surface area contributed by atoms with E-state index in [1.165, 1.54) is 4.90 Å². The highest BCUT2D eigenvalue weighted by molar-refractivity contribution is 5.95. The summed E-state index contributed by atoms with van der Waals surface area (Å²) < 4.78 is 28.2. The molecule has 5 heterocycles. The first-order chi connectivity index (χ1) is 21.5. The van der Waals surface area contributed by atoms with Crippen LogP contribution in [-0.2, 0) is 16.0 Å². The van der Waals surface area contributed by atoms with Gasteiger partial charge in [-0.3, -0.25) is 14.5 Å². The quantitative estimate of drug-likeness (QED) is 0.449. The lowest BCUT2D eigenvalue weighted by Crippen LogP contribution is -2.43. The lowest BCUT2D eigenvalue weighted by Gasteiger charge is -2.38. The van der Waals surface area contributed by atoms with Crippen molar-refractivity contribution in [2.24, 2.45) is 0 Å². The number of carbonyl (C=O) groups is 3. The molecule has 5 aliphatic heterocycles. The van der Waals surface area contributed by atoms with Crippen LogP contribution in [0.5, 0.6) is 23.0 Å². The molecule has 1 atom stereocenters. The minimum atomic E-state index is -0.462. The molecule has 11 heteroatoms. The predicted octanol–water partition coefficient (Wildman–Crippen LogP) is 3.65. The van der Waals surface area contributed by atoms with Gasteiger partial charge in [-0.05, 0) is 72.0 Å². The van der Waals surface area contributed by atoms with Crippen LogP contribution in [0.3, 0.4) is 0 Å². The monoisotopic (exact) mass is 599 g/mol.